The van der Waals surface area contributed by atoms with Crippen LogP contribution >= 0.6 is 0 Å². The van der Waals surface area contributed by atoms with E-state index in [1.165, 1.54) is 13.8 Å². The van der Waals surface area contributed by atoms with Gasteiger partial charge in [-0.1, -0.05) is 64.1 Å². The zero-order chi connectivity index (χ0) is 40.1. The van der Waals surface area contributed by atoms with Crippen molar-refractivity contribution in [3.05, 3.63) is 47.5 Å². The number of cyclic esters (lactones) is 1. The number of hydrogen-bond acceptors (Lipinski definition) is 11. The van der Waals surface area contributed by atoms with Crippen molar-refractivity contribution in [2.75, 3.05) is 27.3 Å². The SMILES string of the molecule is CC[C@@H]1OC(=O)[C@H](C)C(=O)[C@H](C)C(O[C@@H]2O[C@H](C)C[C@H](N(C)C)C2O)[C@@]2(C)CC(C)C(=NC(C)=O)C(C)C(OC/C(=C/Cc3ccccc3)CO2)[C@]1(C)O. The van der Waals surface area contributed by atoms with Crippen molar-refractivity contribution in [3.63, 3.8) is 0 Å². The van der Waals surface area contributed by atoms with E-state index in [0.29, 0.717) is 18.6 Å². The number of fused-ring (bicyclic) bond motifs is 5. The number of nitrogens with zero attached hydrogens (tertiary/aromatic N) is 2. The number of allylic oxidation sites excluding steroid dienone is 1. The van der Waals surface area contributed by atoms with Crippen LogP contribution in [0.1, 0.15) is 87.1 Å². The minimum absolute atomic E-state index is 0.0447. The molecule has 0 spiro atoms. The highest BCUT2D eigenvalue weighted by molar-refractivity contribution is 6.00. The maximum absolute atomic E-state index is 14.4. The molecule has 3 saturated heterocycles. The van der Waals surface area contributed by atoms with Crippen LogP contribution in [-0.4, -0.2) is 120 Å². The van der Waals surface area contributed by atoms with Crippen LogP contribution in [0, 0.1) is 23.7 Å². The Labute approximate surface area is 321 Å². The third-order valence-corrected chi connectivity index (χ3v) is 11.6. The Morgan fingerprint density at radius 1 is 1.06 bits per heavy atom. The molecule has 1 amide bonds. The number of carbonyl (C=O) groups is 3. The lowest BCUT2D eigenvalue weighted by atomic mass is 9.73. The van der Waals surface area contributed by atoms with Gasteiger partial charge in [-0.3, -0.25) is 14.4 Å². The van der Waals surface area contributed by atoms with E-state index in [1.807, 2.05) is 83.1 Å². The van der Waals surface area contributed by atoms with Gasteiger partial charge in [-0.05, 0) is 84.5 Å². The van der Waals surface area contributed by atoms with Gasteiger partial charge in [-0.2, -0.15) is 0 Å². The fourth-order valence-electron chi connectivity index (χ4n) is 8.57. The lowest BCUT2D eigenvalue weighted by Crippen LogP contribution is -2.60. The summed E-state index contributed by atoms with van der Waals surface area (Å²) in [4.78, 5) is 47.5. The van der Waals surface area contributed by atoms with Crippen molar-refractivity contribution in [2.24, 2.45) is 28.7 Å². The molecular formula is C42H64N2O10. The maximum atomic E-state index is 14.4. The predicted molar refractivity (Wildman–Crippen MR) is 205 cm³/mol. The number of esters is 1. The number of amides is 1. The number of Topliss-reactive ketones (excluding diaryl/α,β-unsaturated/α-hetero) is 1. The van der Waals surface area contributed by atoms with Crippen molar-refractivity contribution < 1.29 is 48.3 Å². The molecule has 3 heterocycles. The maximum Gasteiger partial charge on any atom is 0.316 e. The van der Waals surface area contributed by atoms with Crippen LogP contribution in [0.3, 0.4) is 0 Å². The minimum Gasteiger partial charge on any atom is -0.459 e. The average Bonchev–Trinajstić information content (AvgIpc) is 3.13. The fourth-order valence-corrected chi connectivity index (χ4v) is 8.57. The van der Waals surface area contributed by atoms with Crippen molar-refractivity contribution >= 4 is 23.4 Å². The quantitative estimate of drug-likeness (QED) is 0.236. The van der Waals surface area contributed by atoms with Crippen molar-refractivity contribution in [2.45, 2.75) is 142 Å². The number of benzene rings is 1. The molecule has 302 valence electrons. The smallest absolute Gasteiger partial charge is 0.316 e. The van der Waals surface area contributed by atoms with E-state index in [-0.39, 0.29) is 38.2 Å². The van der Waals surface area contributed by atoms with E-state index in [0.717, 1.165) is 11.1 Å². The molecule has 4 rings (SSSR count). The third kappa shape index (κ3) is 10.1. The number of ketones is 1. The molecule has 13 atom stereocenters. The van der Waals surface area contributed by atoms with E-state index < -0.39 is 83.2 Å². The molecule has 2 bridgehead atoms. The van der Waals surface area contributed by atoms with E-state index in [4.69, 9.17) is 23.7 Å². The van der Waals surface area contributed by atoms with Crippen LogP contribution < -0.4 is 0 Å². The number of likely N-dealkylation sites (N-methyl/N-ethyl adjacent to an activating group) is 1. The first-order valence-corrected chi connectivity index (χ1v) is 19.5. The van der Waals surface area contributed by atoms with E-state index in [9.17, 15) is 24.6 Å². The van der Waals surface area contributed by atoms with Gasteiger partial charge in [0.25, 0.3) is 0 Å². The van der Waals surface area contributed by atoms with E-state index in [1.54, 1.807) is 20.8 Å². The summed E-state index contributed by atoms with van der Waals surface area (Å²) in [6.45, 7) is 15.6. The Bertz CT molecular complexity index is 1510. The second kappa shape index (κ2) is 18.4. The van der Waals surface area contributed by atoms with Gasteiger partial charge in [0.2, 0.25) is 5.91 Å². The van der Waals surface area contributed by atoms with Crippen LogP contribution in [0.25, 0.3) is 0 Å². The zero-order valence-electron chi connectivity index (χ0n) is 34.1. The van der Waals surface area contributed by atoms with Crippen LogP contribution in [0.15, 0.2) is 47.0 Å². The molecule has 3 aliphatic rings. The summed E-state index contributed by atoms with van der Waals surface area (Å²) in [5.74, 6) is -4.92. The normalized spacial score (nSPS) is 40.5. The first-order valence-electron chi connectivity index (χ1n) is 19.5. The molecule has 1 aromatic carbocycles. The van der Waals surface area contributed by atoms with Crippen LogP contribution in [0.2, 0.25) is 0 Å². The molecule has 3 aliphatic heterocycles. The molecule has 1 aromatic rings. The van der Waals surface area contributed by atoms with Gasteiger partial charge in [0.05, 0.1) is 37.1 Å². The molecular weight excluding hydrogens is 692 g/mol. The van der Waals surface area contributed by atoms with Gasteiger partial charge < -0.3 is 38.8 Å². The molecule has 0 saturated carbocycles. The first kappa shape index (κ1) is 43.9. The number of aliphatic imine (C=N–C) groups is 1. The molecule has 12 nitrogen and oxygen atoms in total. The summed E-state index contributed by atoms with van der Waals surface area (Å²) >= 11 is 0. The molecule has 2 N–H and O–H groups in total. The Hall–Kier alpha value is -2.84. The molecule has 3 fully saturated rings. The summed E-state index contributed by atoms with van der Waals surface area (Å²) in [6.07, 6.45) is -1.92. The highest BCUT2D eigenvalue weighted by Gasteiger charge is 2.53. The number of aliphatic hydroxyl groups excluding tert-OH is 1. The molecule has 0 radical (unpaired) electrons. The Kier molecular flexibility index (Phi) is 15.0. The fraction of sp³-hybridized carbons (Fsp3) is 0.714. The highest BCUT2D eigenvalue weighted by Crippen LogP contribution is 2.40. The Balaban J connectivity index is 1.97. The van der Waals surface area contributed by atoms with E-state index in [2.05, 4.69) is 4.99 Å². The zero-order valence-corrected chi connectivity index (χ0v) is 34.1. The third-order valence-electron chi connectivity index (χ3n) is 11.6. The predicted octanol–water partition coefficient (Wildman–Crippen LogP) is 4.72. The van der Waals surface area contributed by atoms with Gasteiger partial charge in [-0.15, -0.1) is 0 Å². The second-order valence-electron chi connectivity index (χ2n) is 16.4. The number of ether oxygens (including phenoxy) is 5. The highest BCUT2D eigenvalue weighted by atomic mass is 16.7. The van der Waals surface area contributed by atoms with Gasteiger partial charge in [0, 0.05) is 30.5 Å². The number of rotatable bonds is 6. The average molecular weight is 757 g/mol. The lowest BCUT2D eigenvalue weighted by Gasteiger charge is -2.47. The van der Waals surface area contributed by atoms with Crippen molar-refractivity contribution in [1.29, 1.82) is 0 Å². The second-order valence-corrected chi connectivity index (χ2v) is 16.4. The summed E-state index contributed by atoms with van der Waals surface area (Å²) in [5.41, 5.74) is -0.716. The van der Waals surface area contributed by atoms with Crippen molar-refractivity contribution in [1.82, 2.24) is 4.90 Å². The Morgan fingerprint density at radius 2 is 1.72 bits per heavy atom. The first-order chi connectivity index (χ1) is 25.3. The monoisotopic (exact) mass is 756 g/mol. The van der Waals surface area contributed by atoms with Crippen LogP contribution in [0.4, 0.5) is 0 Å². The van der Waals surface area contributed by atoms with Gasteiger partial charge in [0.15, 0.2) is 12.1 Å². The number of carbonyl (C=O) groups excluding carboxylic acids is 3. The standard InChI is InChI=1S/C42H64N2O10/c1-12-33-42(9,49)38-26(4)34(43-29(7)45)24(2)21-41(8,51-23-31(22-50-38)19-18-30-16-14-13-15-17-30)37(27(5)35(46)28(6)39(48)53-33)54-40-36(47)32(44(10)11)20-25(3)52-40/h13-17,19,24-28,32-33,36-38,40,47,49H,12,18,20-23H2,1-11H3/b31-19-,43-34?/t24?,25-,26?,27+,28-,32+,33+,36?,37?,38?,40+,41-,42-/m1/s1. The minimum atomic E-state index is -1.76. The van der Waals surface area contributed by atoms with Gasteiger partial charge in [0.1, 0.15) is 23.7 Å². The van der Waals surface area contributed by atoms with Crippen LogP contribution in [-0.2, 0) is 44.5 Å². The van der Waals surface area contributed by atoms with E-state index >= 15 is 0 Å². The summed E-state index contributed by atoms with van der Waals surface area (Å²) in [7, 11) is 3.77. The largest absolute Gasteiger partial charge is 0.459 e. The summed E-state index contributed by atoms with van der Waals surface area (Å²) < 4.78 is 32.7. The summed E-state index contributed by atoms with van der Waals surface area (Å²) in [6, 6.07) is 9.68. The van der Waals surface area contributed by atoms with Gasteiger partial charge in [-0.25, -0.2) is 4.99 Å². The number of aliphatic hydroxyl groups is 2. The molecule has 0 aliphatic carbocycles. The van der Waals surface area contributed by atoms with Gasteiger partial charge >= 0.3 is 5.97 Å². The summed E-state index contributed by atoms with van der Waals surface area (Å²) in [5, 5.41) is 24.0. The molecule has 54 heavy (non-hydrogen) atoms. The number of hydrogen-bond donors (Lipinski definition) is 2. The van der Waals surface area contributed by atoms with Crippen molar-refractivity contribution in [3.8, 4) is 0 Å². The molecule has 12 heteroatoms. The Morgan fingerprint density at radius 3 is 2.33 bits per heavy atom. The molecule has 5 unspecified atom stereocenters. The molecule has 0 aromatic heterocycles. The lowest BCUT2D eigenvalue weighted by molar-refractivity contribution is -0.296. The topological polar surface area (TPSA) is 153 Å². The van der Waals surface area contributed by atoms with Crippen LogP contribution in [0.5, 0.6) is 0 Å².